The molecule has 0 spiro atoms. The summed E-state index contributed by atoms with van der Waals surface area (Å²) in [6.07, 6.45) is 6.14. The minimum absolute atomic E-state index is 0.000154. The third-order valence-corrected chi connectivity index (χ3v) is 4.70. The Kier molecular flexibility index (Phi) is 4.07. The van der Waals surface area contributed by atoms with E-state index < -0.39 is 0 Å². The topological polar surface area (TPSA) is 51.7 Å². The van der Waals surface area contributed by atoms with Gasteiger partial charge in [-0.2, -0.15) is 0 Å². The fourth-order valence-electron chi connectivity index (χ4n) is 3.46. The highest BCUT2D eigenvalue weighted by Gasteiger charge is 2.28. The predicted molar refractivity (Wildman–Crippen MR) is 88.9 cm³/mol. The van der Waals surface area contributed by atoms with Gasteiger partial charge in [-0.15, -0.1) is 0 Å². The second-order valence-corrected chi connectivity index (χ2v) is 6.27. The third-order valence-electron chi connectivity index (χ3n) is 4.70. The number of pyridine rings is 1. The van der Waals surface area contributed by atoms with Crippen molar-refractivity contribution >= 4 is 5.91 Å². The van der Waals surface area contributed by atoms with Gasteiger partial charge in [0.2, 0.25) is 6.79 Å². The Morgan fingerprint density at radius 2 is 1.96 bits per heavy atom. The molecule has 1 aromatic heterocycles. The van der Waals surface area contributed by atoms with Crippen molar-refractivity contribution in [2.45, 2.75) is 38.3 Å². The van der Waals surface area contributed by atoms with E-state index in [1.807, 2.05) is 35.2 Å². The van der Waals surface area contributed by atoms with Crippen molar-refractivity contribution in [1.82, 2.24) is 9.88 Å². The van der Waals surface area contributed by atoms with Crippen molar-refractivity contribution in [2.24, 2.45) is 0 Å². The molecule has 0 bridgehead atoms. The van der Waals surface area contributed by atoms with Crippen molar-refractivity contribution in [2.75, 3.05) is 6.79 Å². The Balaban J connectivity index is 1.59. The largest absolute Gasteiger partial charge is 0.454 e. The number of carbonyl (C=O) groups is 1. The van der Waals surface area contributed by atoms with Gasteiger partial charge in [-0.25, -0.2) is 0 Å². The number of carbonyl (C=O) groups excluding carboxylic acids is 1. The van der Waals surface area contributed by atoms with E-state index in [-0.39, 0.29) is 18.7 Å². The summed E-state index contributed by atoms with van der Waals surface area (Å²) in [5.41, 5.74) is 1.56. The Bertz CT molecular complexity index is 727. The maximum absolute atomic E-state index is 13.0. The van der Waals surface area contributed by atoms with Crippen LogP contribution >= 0.6 is 0 Å². The van der Waals surface area contributed by atoms with Crippen LogP contribution in [0.15, 0.2) is 42.6 Å². The van der Waals surface area contributed by atoms with Crippen LogP contribution in [0.5, 0.6) is 11.5 Å². The molecule has 1 aliphatic carbocycles. The van der Waals surface area contributed by atoms with Gasteiger partial charge in [0.1, 0.15) is 5.69 Å². The lowest BCUT2D eigenvalue weighted by Gasteiger charge is -2.29. The van der Waals surface area contributed by atoms with Crippen LogP contribution in [-0.4, -0.2) is 28.6 Å². The summed E-state index contributed by atoms with van der Waals surface area (Å²) in [5, 5.41) is 0. The number of rotatable bonds is 4. The Morgan fingerprint density at radius 3 is 2.75 bits per heavy atom. The lowest BCUT2D eigenvalue weighted by atomic mass is 10.1. The van der Waals surface area contributed by atoms with E-state index in [0.29, 0.717) is 12.2 Å². The molecule has 0 atom stereocenters. The maximum Gasteiger partial charge on any atom is 0.272 e. The minimum atomic E-state index is 0.000154. The van der Waals surface area contributed by atoms with Gasteiger partial charge in [0.05, 0.1) is 0 Å². The third kappa shape index (κ3) is 2.94. The van der Waals surface area contributed by atoms with Crippen LogP contribution in [0, 0.1) is 0 Å². The highest BCUT2D eigenvalue weighted by molar-refractivity contribution is 5.92. The maximum atomic E-state index is 13.0. The molecule has 2 heterocycles. The van der Waals surface area contributed by atoms with E-state index in [1.165, 1.54) is 12.8 Å². The molecule has 4 rings (SSSR count). The van der Waals surface area contributed by atoms with E-state index in [0.717, 1.165) is 29.9 Å². The lowest BCUT2D eigenvalue weighted by molar-refractivity contribution is 0.0658. The van der Waals surface area contributed by atoms with Crippen LogP contribution in [-0.2, 0) is 6.54 Å². The highest BCUT2D eigenvalue weighted by Crippen LogP contribution is 2.34. The number of ether oxygens (including phenoxy) is 2. The molecule has 1 aromatic carbocycles. The molecular formula is C19H20N2O3. The van der Waals surface area contributed by atoms with Crippen LogP contribution in [0.3, 0.4) is 0 Å². The number of benzene rings is 1. The van der Waals surface area contributed by atoms with E-state index in [1.54, 1.807) is 12.3 Å². The first-order valence-electron chi connectivity index (χ1n) is 8.42. The molecule has 24 heavy (non-hydrogen) atoms. The average Bonchev–Trinajstić information content (AvgIpc) is 3.31. The molecule has 5 nitrogen and oxygen atoms in total. The lowest BCUT2D eigenvalue weighted by Crippen LogP contribution is -2.38. The van der Waals surface area contributed by atoms with E-state index in [9.17, 15) is 4.79 Å². The van der Waals surface area contributed by atoms with Crippen LogP contribution in [0.4, 0.5) is 0 Å². The summed E-state index contributed by atoms with van der Waals surface area (Å²) in [6.45, 7) is 0.828. The summed E-state index contributed by atoms with van der Waals surface area (Å²) < 4.78 is 10.8. The van der Waals surface area contributed by atoms with Gasteiger partial charge in [0, 0.05) is 18.8 Å². The number of hydrogen-bond acceptors (Lipinski definition) is 4. The Labute approximate surface area is 141 Å². The quantitative estimate of drug-likeness (QED) is 0.865. The van der Waals surface area contributed by atoms with Crippen LogP contribution in [0.2, 0.25) is 0 Å². The summed E-state index contributed by atoms with van der Waals surface area (Å²) >= 11 is 0. The number of amides is 1. The molecule has 1 fully saturated rings. The predicted octanol–water partition coefficient (Wildman–Crippen LogP) is 3.40. The molecule has 5 heteroatoms. The molecule has 2 aliphatic rings. The van der Waals surface area contributed by atoms with Crippen LogP contribution in [0.25, 0.3) is 0 Å². The first-order chi connectivity index (χ1) is 11.8. The molecule has 0 saturated heterocycles. The minimum Gasteiger partial charge on any atom is -0.454 e. The monoisotopic (exact) mass is 324 g/mol. The summed E-state index contributed by atoms with van der Waals surface area (Å²) in [4.78, 5) is 19.2. The van der Waals surface area contributed by atoms with Crippen LogP contribution < -0.4 is 9.47 Å². The summed E-state index contributed by atoms with van der Waals surface area (Å²) in [6, 6.07) is 11.6. The zero-order valence-electron chi connectivity index (χ0n) is 13.5. The standard InChI is InChI=1S/C19H20N2O3/c22-19(16-7-3-4-10-20-16)21(15-5-1-2-6-15)12-14-8-9-17-18(11-14)24-13-23-17/h3-4,7-11,15H,1-2,5-6,12-13H2. The zero-order chi connectivity index (χ0) is 16.4. The summed E-state index contributed by atoms with van der Waals surface area (Å²) in [7, 11) is 0. The Hall–Kier alpha value is -2.56. The number of aromatic nitrogens is 1. The second-order valence-electron chi connectivity index (χ2n) is 6.27. The molecular weight excluding hydrogens is 304 g/mol. The molecule has 1 saturated carbocycles. The SMILES string of the molecule is O=C(c1ccccn1)N(Cc1ccc2c(c1)OCO2)C1CCCC1. The second kappa shape index (κ2) is 6.51. The van der Waals surface area contributed by atoms with Crippen molar-refractivity contribution in [3.8, 4) is 11.5 Å². The van der Waals surface area contributed by atoms with E-state index in [4.69, 9.17) is 9.47 Å². The molecule has 0 unspecified atom stereocenters. The van der Waals surface area contributed by atoms with Crippen molar-refractivity contribution in [3.63, 3.8) is 0 Å². The molecule has 124 valence electrons. The summed E-state index contributed by atoms with van der Waals surface area (Å²) in [5.74, 6) is 1.52. The average molecular weight is 324 g/mol. The zero-order valence-corrected chi connectivity index (χ0v) is 13.5. The van der Waals surface area contributed by atoms with Gasteiger partial charge < -0.3 is 14.4 Å². The van der Waals surface area contributed by atoms with Gasteiger partial charge in [0.25, 0.3) is 5.91 Å². The molecule has 1 aliphatic heterocycles. The van der Waals surface area contributed by atoms with Gasteiger partial charge in [-0.1, -0.05) is 25.0 Å². The first kappa shape index (κ1) is 15.0. The van der Waals surface area contributed by atoms with Gasteiger partial charge in [-0.3, -0.25) is 9.78 Å². The van der Waals surface area contributed by atoms with Gasteiger partial charge in [0.15, 0.2) is 11.5 Å². The fourth-order valence-corrected chi connectivity index (χ4v) is 3.46. The molecule has 0 radical (unpaired) electrons. The fraction of sp³-hybridized carbons (Fsp3) is 0.368. The number of nitrogens with zero attached hydrogens (tertiary/aromatic N) is 2. The smallest absolute Gasteiger partial charge is 0.272 e. The molecule has 1 amide bonds. The molecule has 2 aromatic rings. The van der Waals surface area contributed by atoms with Crippen LogP contribution in [0.1, 0.15) is 41.7 Å². The van der Waals surface area contributed by atoms with E-state index in [2.05, 4.69) is 4.98 Å². The van der Waals surface area contributed by atoms with Crippen molar-refractivity contribution < 1.29 is 14.3 Å². The van der Waals surface area contributed by atoms with Gasteiger partial charge >= 0.3 is 0 Å². The van der Waals surface area contributed by atoms with Crippen molar-refractivity contribution in [1.29, 1.82) is 0 Å². The Morgan fingerprint density at radius 1 is 1.12 bits per heavy atom. The number of fused-ring (bicyclic) bond motifs is 1. The molecule has 0 N–H and O–H groups in total. The van der Waals surface area contributed by atoms with E-state index >= 15 is 0 Å². The normalized spacial score (nSPS) is 16.3. The van der Waals surface area contributed by atoms with Gasteiger partial charge in [-0.05, 0) is 42.7 Å². The van der Waals surface area contributed by atoms with Crippen molar-refractivity contribution in [3.05, 3.63) is 53.9 Å². The first-order valence-corrected chi connectivity index (χ1v) is 8.42. The highest BCUT2D eigenvalue weighted by atomic mass is 16.7. The number of hydrogen-bond donors (Lipinski definition) is 0.